The van der Waals surface area contributed by atoms with Crippen molar-refractivity contribution in [3.8, 4) is 11.5 Å². The molecule has 0 aliphatic carbocycles. The van der Waals surface area contributed by atoms with Gasteiger partial charge < -0.3 is 24.3 Å². The van der Waals surface area contributed by atoms with E-state index in [1.165, 1.54) is 25.4 Å². The van der Waals surface area contributed by atoms with Gasteiger partial charge in [-0.25, -0.2) is 23.9 Å². The molecule has 1 aromatic heterocycles. The maximum atomic E-state index is 14.8. The number of benzene rings is 2. The maximum Gasteiger partial charge on any atom is 0.411 e. The van der Waals surface area contributed by atoms with Gasteiger partial charge in [0.15, 0.2) is 17.3 Å². The predicted molar refractivity (Wildman–Crippen MR) is 148 cm³/mol. The lowest BCUT2D eigenvalue weighted by Crippen LogP contribution is -2.53. The number of hydrogen-bond acceptors (Lipinski definition) is 9. The molecular weight excluding hydrogens is 543 g/mol. The molecule has 2 heterocycles. The summed E-state index contributed by atoms with van der Waals surface area (Å²) in [6.45, 7) is 7.21. The highest BCUT2D eigenvalue weighted by molar-refractivity contribution is 6.31. The summed E-state index contributed by atoms with van der Waals surface area (Å²) in [4.78, 5) is 35.4. The van der Waals surface area contributed by atoms with Crippen molar-refractivity contribution in [3.63, 3.8) is 0 Å². The van der Waals surface area contributed by atoms with Gasteiger partial charge in [-0.15, -0.1) is 0 Å². The SMILES string of the molecule is COC(=O)C1CC(Oc2cc3c(Nc4ccc(C)c(Cl)c4F)ncnc3cc2OC)CCN1C(=O)OC(C)(C)C. The fourth-order valence-electron chi connectivity index (χ4n) is 4.40. The summed E-state index contributed by atoms with van der Waals surface area (Å²) >= 11 is 6.10. The first-order valence-electron chi connectivity index (χ1n) is 12.7. The second-order valence-electron chi connectivity index (χ2n) is 10.4. The molecule has 1 amide bonds. The van der Waals surface area contributed by atoms with E-state index in [0.717, 1.165) is 0 Å². The Labute approximate surface area is 236 Å². The molecule has 2 aromatic carbocycles. The number of piperidine rings is 1. The van der Waals surface area contributed by atoms with Crippen LogP contribution in [0.5, 0.6) is 11.5 Å². The molecule has 1 aliphatic rings. The van der Waals surface area contributed by atoms with Crippen LogP contribution in [0.4, 0.5) is 20.7 Å². The third-order valence-corrected chi connectivity index (χ3v) is 6.86. The summed E-state index contributed by atoms with van der Waals surface area (Å²) in [7, 11) is 2.77. The molecule has 3 aromatic rings. The van der Waals surface area contributed by atoms with E-state index in [1.54, 1.807) is 52.0 Å². The molecule has 10 nitrogen and oxygen atoms in total. The zero-order valence-corrected chi connectivity index (χ0v) is 24.0. The fraction of sp³-hybridized carbons (Fsp3) is 0.429. The first-order chi connectivity index (χ1) is 18.9. The predicted octanol–water partition coefficient (Wildman–Crippen LogP) is 5.80. The number of hydrogen-bond donors (Lipinski definition) is 1. The quantitative estimate of drug-likeness (QED) is 0.365. The number of methoxy groups -OCH3 is 2. The lowest BCUT2D eigenvalue weighted by molar-refractivity contribution is -0.149. The Morgan fingerprint density at radius 3 is 2.58 bits per heavy atom. The van der Waals surface area contributed by atoms with E-state index in [1.807, 2.05) is 0 Å². The Kier molecular flexibility index (Phi) is 8.53. The second kappa shape index (κ2) is 11.7. The minimum Gasteiger partial charge on any atom is -0.493 e. The smallest absolute Gasteiger partial charge is 0.411 e. The van der Waals surface area contributed by atoms with E-state index in [0.29, 0.717) is 40.2 Å². The van der Waals surface area contributed by atoms with Gasteiger partial charge in [0.25, 0.3) is 0 Å². The highest BCUT2D eigenvalue weighted by Gasteiger charge is 2.40. The van der Waals surface area contributed by atoms with E-state index < -0.39 is 35.6 Å². The number of carbonyl (C=O) groups excluding carboxylic acids is 2. The van der Waals surface area contributed by atoms with Crippen LogP contribution in [0, 0.1) is 12.7 Å². The molecule has 4 rings (SSSR count). The van der Waals surface area contributed by atoms with Crippen LogP contribution >= 0.6 is 11.6 Å². The fourth-order valence-corrected chi connectivity index (χ4v) is 4.57. The minimum atomic E-state index is -0.889. The van der Waals surface area contributed by atoms with Crippen LogP contribution < -0.4 is 14.8 Å². The highest BCUT2D eigenvalue weighted by Crippen LogP contribution is 2.37. The zero-order valence-electron chi connectivity index (χ0n) is 23.2. The van der Waals surface area contributed by atoms with E-state index >= 15 is 0 Å². The number of halogens is 2. The molecule has 1 N–H and O–H groups in total. The number of carbonyl (C=O) groups is 2. The van der Waals surface area contributed by atoms with Crippen molar-refractivity contribution in [3.05, 3.63) is 47.0 Å². The summed E-state index contributed by atoms with van der Waals surface area (Å²) in [6.07, 6.45) is 0.907. The number of anilines is 2. The zero-order chi connectivity index (χ0) is 29.2. The van der Waals surface area contributed by atoms with Crippen molar-refractivity contribution in [2.24, 2.45) is 0 Å². The standard InChI is InChI=1S/C28H32ClFN4O6/c1-15-7-8-18(24(30)23(15)29)33-25-17-12-22(21(37-5)13-19(17)31-14-32-25)39-16-9-10-34(20(11-16)26(35)38-6)27(36)40-28(2,3)4/h7-8,12-14,16,20H,9-11H2,1-6H3,(H,31,32,33). The molecule has 0 radical (unpaired) electrons. The molecule has 12 heteroatoms. The Morgan fingerprint density at radius 2 is 1.90 bits per heavy atom. The molecule has 2 unspecified atom stereocenters. The van der Waals surface area contributed by atoms with E-state index in [9.17, 15) is 14.0 Å². The maximum absolute atomic E-state index is 14.8. The normalized spacial score (nSPS) is 17.4. The Hall–Kier alpha value is -3.86. The highest BCUT2D eigenvalue weighted by atomic mass is 35.5. The van der Waals surface area contributed by atoms with Gasteiger partial charge in [0, 0.05) is 30.8 Å². The number of amides is 1. The van der Waals surface area contributed by atoms with Gasteiger partial charge in [-0.05, 0) is 45.4 Å². The summed E-state index contributed by atoms with van der Waals surface area (Å²) in [6, 6.07) is 5.77. The molecule has 1 saturated heterocycles. The lowest BCUT2D eigenvalue weighted by Gasteiger charge is -2.38. The molecule has 0 saturated carbocycles. The lowest BCUT2D eigenvalue weighted by atomic mass is 9.99. The molecule has 40 heavy (non-hydrogen) atoms. The van der Waals surface area contributed by atoms with Crippen LogP contribution in [0.1, 0.15) is 39.2 Å². The van der Waals surface area contributed by atoms with Crippen LogP contribution in [-0.2, 0) is 14.3 Å². The van der Waals surface area contributed by atoms with Crippen LogP contribution in [-0.4, -0.2) is 65.4 Å². The van der Waals surface area contributed by atoms with Crippen LogP contribution in [0.25, 0.3) is 10.9 Å². The Morgan fingerprint density at radius 1 is 1.15 bits per heavy atom. The van der Waals surface area contributed by atoms with Crippen LogP contribution in [0.2, 0.25) is 5.02 Å². The van der Waals surface area contributed by atoms with Gasteiger partial charge in [-0.3, -0.25) is 4.90 Å². The molecule has 214 valence electrons. The van der Waals surface area contributed by atoms with Crippen molar-refractivity contribution in [2.45, 2.75) is 58.3 Å². The van der Waals surface area contributed by atoms with E-state index in [-0.39, 0.29) is 23.7 Å². The molecule has 2 atom stereocenters. The number of fused-ring (bicyclic) bond motifs is 1. The molecular formula is C28H32ClFN4O6. The van der Waals surface area contributed by atoms with Crippen molar-refractivity contribution >= 4 is 46.1 Å². The van der Waals surface area contributed by atoms with Crippen LogP contribution in [0.3, 0.4) is 0 Å². The topological polar surface area (TPSA) is 112 Å². The third-order valence-electron chi connectivity index (χ3n) is 6.40. The number of esters is 1. The van der Waals surface area contributed by atoms with Crippen molar-refractivity contribution < 1.29 is 32.9 Å². The Bertz CT molecular complexity index is 1430. The summed E-state index contributed by atoms with van der Waals surface area (Å²) < 4.78 is 37.1. The summed E-state index contributed by atoms with van der Waals surface area (Å²) in [5, 5.41) is 3.56. The average molecular weight is 575 g/mol. The largest absolute Gasteiger partial charge is 0.493 e. The first kappa shape index (κ1) is 29.1. The van der Waals surface area contributed by atoms with E-state index in [2.05, 4.69) is 15.3 Å². The van der Waals surface area contributed by atoms with Gasteiger partial charge in [-0.1, -0.05) is 17.7 Å². The average Bonchev–Trinajstić information content (AvgIpc) is 2.91. The monoisotopic (exact) mass is 574 g/mol. The van der Waals surface area contributed by atoms with Crippen molar-refractivity contribution in [2.75, 3.05) is 26.1 Å². The number of aromatic nitrogens is 2. The summed E-state index contributed by atoms with van der Waals surface area (Å²) in [5.41, 5.74) is 0.585. The summed E-state index contributed by atoms with van der Waals surface area (Å²) in [5.74, 6) is -0.0451. The van der Waals surface area contributed by atoms with Gasteiger partial charge in [0.05, 0.1) is 30.4 Å². The number of rotatable bonds is 6. The first-order valence-corrected chi connectivity index (χ1v) is 13.1. The number of nitrogens with zero attached hydrogens (tertiary/aromatic N) is 3. The molecule has 0 bridgehead atoms. The van der Waals surface area contributed by atoms with Gasteiger partial charge in [0.1, 0.15) is 29.9 Å². The van der Waals surface area contributed by atoms with Crippen LogP contribution in [0.15, 0.2) is 30.6 Å². The van der Waals surface area contributed by atoms with E-state index in [4.69, 9.17) is 30.5 Å². The second-order valence-corrected chi connectivity index (χ2v) is 10.8. The van der Waals surface area contributed by atoms with Crippen molar-refractivity contribution in [1.82, 2.24) is 14.9 Å². The van der Waals surface area contributed by atoms with Gasteiger partial charge >= 0.3 is 12.1 Å². The number of ether oxygens (including phenoxy) is 4. The van der Waals surface area contributed by atoms with Gasteiger partial charge in [-0.2, -0.15) is 0 Å². The molecule has 0 spiro atoms. The number of aryl methyl sites for hydroxylation is 1. The molecule has 1 fully saturated rings. The number of nitrogens with one attached hydrogen (secondary N) is 1. The molecule has 1 aliphatic heterocycles. The van der Waals surface area contributed by atoms with Crippen molar-refractivity contribution in [1.29, 1.82) is 0 Å². The Balaban J connectivity index is 1.62. The number of likely N-dealkylation sites (tertiary alicyclic amines) is 1. The third kappa shape index (κ3) is 6.30. The minimum absolute atomic E-state index is 0.0203. The van der Waals surface area contributed by atoms with Gasteiger partial charge in [0.2, 0.25) is 0 Å².